The number of anilines is 2. The van der Waals surface area contributed by atoms with E-state index in [9.17, 15) is 4.79 Å². The minimum Gasteiger partial charge on any atom is -0.488 e. The Morgan fingerprint density at radius 2 is 2.00 bits per heavy atom. The van der Waals surface area contributed by atoms with Crippen LogP contribution >= 0.6 is 0 Å². The molecule has 2 aliphatic heterocycles. The number of nitrogens with zero attached hydrogens (tertiary/aromatic N) is 8. The highest BCUT2D eigenvalue weighted by Crippen LogP contribution is 2.32. The maximum atomic E-state index is 13.0. The zero-order chi connectivity index (χ0) is 25.5. The van der Waals surface area contributed by atoms with E-state index < -0.39 is 0 Å². The number of likely N-dealkylation sites (tertiary alicyclic amines) is 1. The Morgan fingerprint density at radius 1 is 1.16 bits per heavy atom. The highest BCUT2D eigenvalue weighted by Gasteiger charge is 2.36. The Balaban J connectivity index is 1.16. The summed E-state index contributed by atoms with van der Waals surface area (Å²) in [6.07, 6.45) is 9.11. The van der Waals surface area contributed by atoms with Gasteiger partial charge in [-0.05, 0) is 44.0 Å². The summed E-state index contributed by atoms with van der Waals surface area (Å²) in [6, 6.07) is 6.04. The minimum atomic E-state index is -0.309. The minimum absolute atomic E-state index is 0.113. The fourth-order valence-corrected chi connectivity index (χ4v) is 4.98. The van der Waals surface area contributed by atoms with Crippen LogP contribution < -0.4 is 15.0 Å². The number of amides is 1. The van der Waals surface area contributed by atoms with Gasteiger partial charge >= 0.3 is 0 Å². The van der Waals surface area contributed by atoms with Gasteiger partial charge in [0.05, 0.1) is 11.7 Å². The monoisotopic (exact) mass is 501 g/mol. The number of hydrogen-bond acceptors (Lipinski definition) is 8. The predicted octanol–water partition coefficient (Wildman–Crippen LogP) is 2.52. The molecular formula is C26H31N9O2. The number of aromatic nitrogens is 6. The molecule has 0 aromatic carbocycles. The van der Waals surface area contributed by atoms with Gasteiger partial charge in [-0.15, -0.1) is 0 Å². The molecule has 4 aromatic rings. The van der Waals surface area contributed by atoms with Crippen LogP contribution in [-0.2, 0) is 11.8 Å². The quantitative estimate of drug-likeness (QED) is 0.393. The molecule has 4 aromatic heterocycles. The standard InChI is InChI=1S/C26H31N9O2/c1-4-33-8-6-19(33)16-37-22-15-29-32(3)24(22)18-5-10-35-20(11-18)12-23(31-35)30-25(36)21-7-9-34(21)26-27-13-17(2)14-28-26/h5,10-15,19,21H,4,6-9,16H2,1-3H3,(H,30,31,36)/t19-,21?/m1/s1. The van der Waals surface area contributed by atoms with Crippen molar-refractivity contribution in [2.24, 2.45) is 7.05 Å². The molecule has 6 rings (SSSR count). The highest BCUT2D eigenvalue weighted by molar-refractivity contribution is 5.97. The van der Waals surface area contributed by atoms with E-state index in [2.05, 4.69) is 37.3 Å². The number of nitrogens with one attached hydrogen (secondary N) is 1. The molecular weight excluding hydrogens is 470 g/mol. The van der Waals surface area contributed by atoms with Gasteiger partial charge in [0.1, 0.15) is 18.3 Å². The van der Waals surface area contributed by atoms with Crippen LogP contribution in [0.3, 0.4) is 0 Å². The molecule has 37 heavy (non-hydrogen) atoms. The van der Waals surface area contributed by atoms with Crippen molar-refractivity contribution in [1.29, 1.82) is 0 Å². The first-order valence-electron chi connectivity index (χ1n) is 12.7. The SMILES string of the molecule is CCN1CC[C@@H]1COc1cnn(C)c1-c1ccn2nc(NC(=O)C3CCN3c3ncc(C)cn3)cc2c1. The van der Waals surface area contributed by atoms with E-state index in [0.29, 0.717) is 24.4 Å². The van der Waals surface area contributed by atoms with E-state index in [1.54, 1.807) is 23.1 Å². The zero-order valence-electron chi connectivity index (χ0n) is 21.3. The molecule has 11 nitrogen and oxygen atoms in total. The average Bonchev–Trinajstić information content (AvgIpc) is 3.41. The highest BCUT2D eigenvalue weighted by atomic mass is 16.5. The first kappa shape index (κ1) is 23.4. The lowest BCUT2D eigenvalue weighted by atomic mass is 10.0. The van der Waals surface area contributed by atoms with E-state index in [-0.39, 0.29) is 11.9 Å². The number of aryl methyl sites for hydroxylation is 2. The van der Waals surface area contributed by atoms with Gasteiger partial charge in [0.15, 0.2) is 11.6 Å². The molecule has 2 fully saturated rings. The molecule has 6 heterocycles. The number of pyridine rings is 1. The van der Waals surface area contributed by atoms with Crippen LogP contribution in [0.1, 0.15) is 25.3 Å². The Hall–Kier alpha value is -3.99. The number of fused-ring (bicyclic) bond motifs is 1. The molecule has 0 bridgehead atoms. The summed E-state index contributed by atoms with van der Waals surface area (Å²) in [6.45, 7) is 7.71. The van der Waals surface area contributed by atoms with Gasteiger partial charge in [0, 0.05) is 56.4 Å². The van der Waals surface area contributed by atoms with Gasteiger partial charge in [0.25, 0.3) is 0 Å². The lowest BCUT2D eigenvalue weighted by molar-refractivity contribution is -0.118. The third kappa shape index (κ3) is 4.39. The number of hydrogen-bond donors (Lipinski definition) is 1. The third-order valence-corrected chi connectivity index (χ3v) is 7.34. The Labute approximate surface area is 215 Å². The second-order valence-corrected chi connectivity index (χ2v) is 9.73. The fourth-order valence-electron chi connectivity index (χ4n) is 4.98. The van der Waals surface area contributed by atoms with Crippen molar-refractivity contribution < 1.29 is 9.53 Å². The van der Waals surface area contributed by atoms with Gasteiger partial charge in [-0.2, -0.15) is 10.2 Å². The van der Waals surface area contributed by atoms with Crippen LogP contribution in [0.2, 0.25) is 0 Å². The lowest BCUT2D eigenvalue weighted by Gasteiger charge is -2.39. The normalized spacial score (nSPS) is 19.5. The topological polar surface area (TPSA) is 106 Å². The molecule has 2 saturated heterocycles. The fraction of sp³-hybridized carbons (Fsp3) is 0.423. The van der Waals surface area contributed by atoms with Crippen LogP contribution in [0.4, 0.5) is 11.8 Å². The molecule has 1 N–H and O–H groups in total. The number of rotatable bonds is 8. The number of carbonyl (C=O) groups is 1. The van der Waals surface area contributed by atoms with Crippen molar-refractivity contribution in [3.8, 4) is 17.0 Å². The van der Waals surface area contributed by atoms with Crippen molar-refractivity contribution in [3.63, 3.8) is 0 Å². The summed E-state index contributed by atoms with van der Waals surface area (Å²) < 4.78 is 9.78. The maximum Gasteiger partial charge on any atom is 0.248 e. The number of carbonyl (C=O) groups excluding carboxylic acids is 1. The first-order chi connectivity index (χ1) is 18.0. The van der Waals surface area contributed by atoms with Gasteiger partial charge in [-0.3, -0.25) is 14.4 Å². The van der Waals surface area contributed by atoms with Crippen molar-refractivity contribution in [1.82, 2.24) is 34.3 Å². The molecule has 0 aliphatic carbocycles. The molecule has 2 atom stereocenters. The molecule has 0 saturated carbocycles. The van der Waals surface area contributed by atoms with Crippen LogP contribution in [0.15, 0.2) is 43.0 Å². The average molecular weight is 502 g/mol. The van der Waals surface area contributed by atoms with E-state index in [1.807, 2.05) is 47.9 Å². The van der Waals surface area contributed by atoms with E-state index >= 15 is 0 Å². The summed E-state index contributed by atoms with van der Waals surface area (Å²) in [7, 11) is 1.91. The second-order valence-electron chi connectivity index (χ2n) is 9.73. The van der Waals surface area contributed by atoms with E-state index in [1.165, 1.54) is 0 Å². The van der Waals surface area contributed by atoms with E-state index in [4.69, 9.17) is 4.74 Å². The lowest BCUT2D eigenvalue weighted by Crippen LogP contribution is -2.55. The summed E-state index contributed by atoms with van der Waals surface area (Å²) in [5, 5.41) is 11.9. The van der Waals surface area contributed by atoms with Gasteiger partial charge < -0.3 is 15.0 Å². The first-order valence-corrected chi connectivity index (χ1v) is 12.7. The van der Waals surface area contributed by atoms with Crippen LogP contribution in [0.5, 0.6) is 5.75 Å². The van der Waals surface area contributed by atoms with Crippen molar-refractivity contribution in [3.05, 3.63) is 48.5 Å². The van der Waals surface area contributed by atoms with Crippen LogP contribution in [-0.4, -0.2) is 78.5 Å². The van der Waals surface area contributed by atoms with Crippen molar-refractivity contribution >= 4 is 23.2 Å². The van der Waals surface area contributed by atoms with Crippen molar-refractivity contribution in [2.45, 2.75) is 38.8 Å². The molecule has 192 valence electrons. The molecule has 0 radical (unpaired) electrons. The summed E-state index contributed by atoms with van der Waals surface area (Å²) in [5.74, 6) is 1.74. The molecule has 0 spiro atoms. The smallest absolute Gasteiger partial charge is 0.248 e. The molecule has 1 unspecified atom stereocenters. The Bertz CT molecular complexity index is 1430. The van der Waals surface area contributed by atoms with Gasteiger partial charge in [-0.25, -0.2) is 14.5 Å². The molecule has 11 heteroatoms. The molecule has 2 aliphatic rings. The third-order valence-electron chi connectivity index (χ3n) is 7.34. The summed E-state index contributed by atoms with van der Waals surface area (Å²) >= 11 is 0. The van der Waals surface area contributed by atoms with Crippen LogP contribution in [0.25, 0.3) is 16.8 Å². The predicted molar refractivity (Wildman–Crippen MR) is 140 cm³/mol. The second kappa shape index (κ2) is 9.47. The van der Waals surface area contributed by atoms with Crippen molar-refractivity contribution in [2.75, 3.05) is 36.5 Å². The van der Waals surface area contributed by atoms with Gasteiger partial charge in [-0.1, -0.05) is 6.92 Å². The zero-order valence-corrected chi connectivity index (χ0v) is 21.3. The molecule has 1 amide bonds. The number of ether oxygens (including phenoxy) is 1. The van der Waals surface area contributed by atoms with E-state index in [0.717, 1.165) is 60.6 Å². The summed E-state index contributed by atoms with van der Waals surface area (Å²) in [4.78, 5) is 26.0. The maximum absolute atomic E-state index is 13.0. The summed E-state index contributed by atoms with van der Waals surface area (Å²) in [5.41, 5.74) is 3.74. The Kier molecular flexibility index (Phi) is 5.99. The number of likely N-dealkylation sites (N-methyl/N-ethyl adjacent to an activating group) is 1. The Morgan fingerprint density at radius 3 is 2.70 bits per heavy atom. The largest absolute Gasteiger partial charge is 0.488 e. The van der Waals surface area contributed by atoms with Gasteiger partial charge in [0.2, 0.25) is 11.9 Å². The van der Waals surface area contributed by atoms with Crippen LogP contribution in [0, 0.1) is 6.92 Å².